The predicted molar refractivity (Wildman–Crippen MR) is 72.4 cm³/mol. The van der Waals surface area contributed by atoms with E-state index in [4.69, 9.17) is 22.4 Å². The summed E-state index contributed by atoms with van der Waals surface area (Å²) in [6.07, 6.45) is -1.64. The molecule has 0 aliphatic rings. The number of carboxylic acid groups (broad SMARTS) is 1. The molecule has 0 saturated carbocycles. The zero-order valence-electron chi connectivity index (χ0n) is 10.7. The van der Waals surface area contributed by atoms with Crippen molar-refractivity contribution in [3.05, 3.63) is 40.4 Å². The number of hydrogen-bond donors (Lipinski definition) is 2. The predicted octanol–water partition coefficient (Wildman–Crippen LogP) is 3.63. The molecule has 2 rings (SSSR count). The minimum atomic E-state index is -1.64. The molecule has 0 aliphatic carbocycles. The van der Waals surface area contributed by atoms with Crippen molar-refractivity contribution >= 4 is 23.4 Å². The molecule has 1 aromatic carbocycles. The zero-order valence-corrected chi connectivity index (χ0v) is 11.4. The van der Waals surface area contributed by atoms with E-state index < -0.39 is 23.7 Å². The molecule has 0 fully saturated rings. The molecule has 1 aromatic heterocycles. The van der Waals surface area contributed by atoms with E-state index in [1.165, 1.54) is 13.0 Å². The number of rotatable bonds is 2. The lowest BCUT2D eigenvalue weighted by Gasteiger charge is -2.10. The molecule has 2 aromatic rings. The Morgan fingerprint density at radius 2 is 2.10 bits per heavy atom. The number of halogens is 3. The molecule has 0 amide bonds. The van der Waals surface area contributed by atoms with Crippen LogP contribution < -0.4 is 10.5 Å². The number of pyridine rings is 1. The number of carbonyl (C=O) groups is 1. The Kier molecular flexibility index (Phi) is 3.95. The molecule has 21 heavy (non-hydrogen) atoms. The molecule has 1 heterocycles. The van der Waals surface area contributed by atoms with Gasteiger partial charge in [0.15, 0.2) is 0 Å². The second-order valence-electron chi connectivity index (χ2n) is 4.12. The summed E-state index contributed by atoms with van der Waals surface area (Å²) in [4.78, 5) is 14.4. The average Bonchev–Trinajstić information content (AvgIpc) is 2.41. The Morgan fingerprint density at radius 3 is 2.71 bits per heavy atom. The highest BCUT2D eigenvalue weighted by Crippen LogP contribution is 2.34. The first-order chi connectivity index (χ1) is 9.81. The Balaban J connectivity index is 2.62. The van der Waals surface area contributed by atoms with Crippen LogP contribution in [0.15, 0.2) is 18.2 Å². The minimum Gasteiger partial charge on any atom is -0.449 e. The van der Waals surface area contributed by atoms with Crippen molar-refractivity contribution in [2.45, 2.75) is 6.92 Å². The van der Waals surface area contributed by atoms with Crippen LogP contribution >= 0.6 is 11.6 Å². The molecule has 0 saturated heterocycles. The van der Waals surface area contributed by atoms with Crippen molar-refractivity contribution in [3.8, 4) is 17.1 Å². The van der Waals surface area contributed by atoms with Crippen LogP contribution in [0.5, 0.6) is 5.88 Å². The third kappa shape index (κ3) is 2.87. The fourth-order valence-electron chi connectivity index (χ4n) is 1.67. The summed E-state index contributed by atoms with van der Waals surface area (Å²) in [5.41, 5.74) is 5.31. The van der Waals surface area contributed by atoms with E-state index in [1.54, 1.807) is 0 Å². The molecule has 0 aliphatic heterocycles. The van der Waals surface area contributed by atoms with Crippen LogP contribution in [0.1, 0.15) is 5.56 Å². The quantitative estimate of drug-likeness (QED) is 0.827. The van der Waals surface area contributed by atoms with Crippen molar-refractivity contribution < 1.29 is 23.4 Å². The molecule has 0 spiro atoms. The number of nitrogen functional groups attached to an aromatic ring is 1. The van der Waals surface area contributed by atoms with Crippen LogP contribution in [0.3, 0.4) is 0 Å². The highest BCUT2D eigenvalue weighted by Gasteiger charge is 2.18. The lowest BCUT2D eigenvalue weighted by molar-refractivity contribution is 0.142. The van der Waals surface area contributed by atoms with Crippen molar-refractivity contribution in [2.75, 3.05) is 5.73 Å². The van der Waals surface area contributed by atoms with Gasteiger partial charge in [-0.2, -0.15) is 0 Å². The molecule has 5 nitrogen and oxygen atoms in total. The van der Waals surface area contributed by atoms with E-state index in [2.05, 4.69) is 9.72 Å². The van der Waals surface area contributed by atoms with Crippen LogP contribution in [-0.2, 0) is 0 Å². The second kappa shape index (κ2) is 5.53. The van der Waals surface area contributed by atoms with Crippen LogP contribution in [0.25, 0.3) is 11.3 Å². The number of hydrogen-bond acceptors (Lipinski definition) is 4. The Labute approximate surface area is 122 Å². The van der Waals surface area contributed by atoms with Gasteiger partial charge in [0, 0.05) is 11.1 Å². The molecule has 110 valence electrons. The normalized spacial score (nSPS) is 10.5. The molecule has 0 bridgehead atoms. The van der Waals surface area contributed by atoms with Crippen LogP contribution in [0.2, 0.25) is 5.02 Å². The maximum atomic E-state index is 14.1. The Hall–Kier alpha value is -2.41. The van der Waals surface area contributed by atoms with E-state index in [9.17, 15) is 13.6 Å². The van der Waals surface area contributed by atoms with E-state index in [-0.39, 0.29) is 27.5 Å². The molecule has 0 atom stereocenters. The summed E-state index contributed by atoms with van der Waals surface area (Å²) in [7, 11) is 0. The fraction of sp³-hybridized carbons (Fsp3) is 0.0769. The molecular weight excluding hydrogens is 306 g/mol. The highest BCUT2D eigenvalue weighted by molar-refractivity contribution is 6.34. The summed E-state index contributed by atoms with van der Waals surface area (Å²) < 4.78 is 31.7. The summed E-state index contributed by atoms with van der Waals surface area (Å²) in [6, 6.07) is 3.47. The van der Waals surface area contributed by atoms with Gasteiger partial charge in [-0.25, -0.2) is 18.6 Å². The first-order valence-corrected chi connectivity index (χ1v) is 6.00. The molecule has 0 unspecified atom stereocenters. The van der Waals surface area contributed by atoms with Crippen LogP contribution in [-0.4, -0.2) is 16.2 Å². The van der Waals surface area contributed by atoms with Gasteiger partial charge in [-0.15, -0.1) is 0 Å². The maximum absolute atomic E-state index is 14.1. The van der Waals surface area contributed by atoms with Gasteiger partial charge >= 0.3 is 6.16 Å². The van der Waals surface area contributed by atoms with Crippen molar-refractivity contribution in [1.82, 2.24) is 4.98 Å². The number of anilines is 1. The number of benzene rings is 1. The number of aromatic nitrogens is 1. The van der Waals surface area contributed by atoms with Crippen molar-refractivity contribution in [2.24, 2.45) is 0 Å². The van der Waals surface area contributed by atoms with Gasteiger partial charge in [0.25, 0.3) is 0 Å². The third-order valence-corrected chi connectivity index (χ3v) is 3.12. The van der Waals surface area contributed by atoms with Gasteiger partial charge in [-0.1, -0.05) is 11.6 Å². The summed E-state index contributed by atoms with van der Waals surface area (Å²) in [5.74, 6) is -2.01. The Morgan fingerprint density at radius 1 is 1.43 bits per heavy atom. The highest BCUT2D eigenvalue weighted by atomic mass is 35.5. The maximum Gasteiger partial charge on any atom is 0.512 e. The van der Waals surface area contributed by atoms with Crippen molar-refractivity contribution in [3.63, 3.8) is 0 Å². The number of nitrogens with zero attached hydrogens (tertiary/aromatic N) is 1. The molecule has 0 radical (unpaired) electrons. The fourth-order valence-corrected chi connectivity index (χ4v) is 1.81. The summed E-state index contributed by atoms with van der Waals surface area (Å²) in [6.45, 7) is 1.27. The molecule has 8 heteroatoms. The van der Waals surface area contributed by atoms with Crippen LogP contribution in [0, 0.1) is 18.6 Å². The van der Waals surface area contributed by atoms with Gasteiger partial charge in [0.1, 0.15) is 16.7 Å². The first kappa shape index (κ1) is 15.0. The smallest absolute Gasteiger partial charge is 0.449 e. The van der Waals surface area contributed by atoms with E-state index in [1.807, 2.05) is 0 Å². The lowest BCUT2D eigenvalue weighted by Crippen LogP contribution is -2.07. The van der Waals surface area contributed by atoms with E-state index >= 15 is 0 Å². The summed E-state index contributed by atoms with van der Waals surface area (Å²) >= 11 is 5.76. The largest absolute Gasteiger partial charge is 0.512 e. The number of ether oxygens (including phenoxy) is 1. The molecular formula is C13H9ClF2N2O3. The van der Waals surface area contributed by atoms with E-state index in [0.29, 0.717) is 0 Å². The Bertz CT molecular complexity index is 738. The third-order valence-electron chi connectivity index (χ3n) is 2.74. The standard InChI is InChI=1S/C13H9ClF2N2O3/c1-5-7(15)3-2-6(11(5)16)9-4-8(17)10(14)12(18-9)21-13(19)20/h2-4H,1H3,(H2,17,18)(H,19,20). The summed E-state index contributed by atoms with van der Waals surface area (Å²) in [5, 5.41) is 8.39. The van der Waals surface area contributed by atoms with Crippen LogP contribution in [0.4, 0.5) is 19.3 Å². The topological polar surface area (TPSA) is 85.4 Å². The SMILES string of the molecule is Cc1c(F)ccc(-c2cc(N)c(Cl)c(OC(=O)O)n2)c1F. The van der Waals surface area contributed by atoms with Gasteiger partial charge in [-0.3, -0.25) is 0 Å². The second-order valence-corrected chi connectivity index (χ2v) is 4.50. The van der Waals surface area contributed by atoms with Gasteiger partial charge < -0.3 is 15.6 Å². The average molecular weight is 315 g/mol. The van der Waals surface area contributed by atoms with E-state index in [0.717, 1.165) is 12.1 Å². The first-order valence-electron chi connectivity index (χ1n) is 5.63. The van der Waals surface area contributed by atoms with Crippen molar-refractivity contribution in [1.29, 1.82) is 0 Å². The monoisotopic (exact) mass is 314 g/mol. The number of nitrogens with two attached hydrogens (primary N) is 1. The minimum absolute atomic E-state index is 0.0197. The molecule has 3 N–H and O–H groups in total. The van der Waals surface area contributed by atoms with Gasteiger partial charge in [0.05, 0.1) is 11.4 Å². The van der Waals surface area contributed by atoms with Gasteiger partial charge in [0.2, 0.25) is 5.88 Å². The zero-order chi connectivity index (χ0) is 15.7. The van der Waals surface area contributed by atoms with Gasteiger partial charge in [-0.05, 0) is 25.1 Å². The lowest BCUT2D eigenvalue weighted by atomic mass is 10.1.